The Morgan fingerprint density at radius 3 is 2.68 bits per heavy atom. The van der Waals surface area contributed by atoms with Gasteiger partial charge in [-0.3, -0.25) is 19.8 Å². The first-order valence-corrected chi connectivity index (χ1v) is 6.31. The van der Waals surface area contributed by atoms with Crippen LogP contribution in [0.5, 0.6) is 0 Å². The first-order valence-electron chi connectivity index (χ1n) is 6.31. The van der Waals surface area contributed by atoms with E-state index in [1.807, 2.05) is 26.0 Å². The van der Waals surface area contributed by atoms with Gasteiger partial charge in [-0.15, -0.1) is 0 Å². The lowest BCUT2D eigenvalue weighted by Gasteiger charge is -2.38. The number of hydrogen-bond donors (Lipinski definition) is 2. The highest BCUT2D eigenvalue weighted by atomic mass is 16.3. The van der Waals surface area contributed by atoms with Crippen LogP contribution in [-0.2, 0) is 9.59 Å². The van der Waals surface area contributed by atoms with Crippen molar-refractivity contribution in [3.8, 4) is 0 Å². The van der Waals surface area contributed by atoms with Crippen molar-refractivity contribution in [1.82, 2.24) is 10.2 Å². The summed E-state index contributed by atoms with van der Waals surface area (Å²) in [4.78, 5) is 25.1. The number of amides is 2. The van der Waals surface area contributed by atoms with Gasteiger partial charge in [-0.2, -0.15) is 0 Å². The standard InChI is InChI=1S/C13H19N3O3/c1-7-4-5-10(19-7)12(8(2)14)16-6-11(17)15-13(18)9(16)3/h4-5,8-9,12H,6,14H2,1-3H3,(H,15,17,18). The van der Waals surface area contributed by atoms with Gasteiger partial charge in [-0.05, 0) is 32.9 Å². The highest BCUT2D eigenvalue weighted by Crippen LogP contribution is 2.28. The monoisotopic (exact) mass is 265 g/mol. The SMILES string of the molecule is Cc1ccc(C(C(C)N)N2CC(=O)NC(=O)C2C)o1. The predicted molar refractivity (Wildman–Crippen MR) is 69.2 cm³/mol. The third-order valence-corrected chi connectivity index (χ3v) is 3.37. The zero-order valence-corrected chi connectivity index (χ0v) is 11.3. The maximum Gasteiger partial charge on any atom is 0.243 e. The molecule has 1 saturated heterocycles. The number of furan rings is 1. The van der Waals surface area contributed by atoms with Crippen molar-refractivity contribution in [2.24, 2.45) is 5.73 Å². The minimum Gasteiger partial charge on any atom is -0.465 e. The van der Waals surface area contributed by atoms with Crippen molar-refractivity contribution in [1.29, 1.82) is 0 Å². The minimum absolute atomic E-state index is 0.138. The van der Waals surface area contributed by atoms with Gasteiger partial charge in [0, 0.05) is 6.04 Å². The lowest BCUT2D eigenvalue weighted by Crippen LogP contribution is -2.59. The molecule has 6 nitrogen and oxygen atoms in total. The van der Waals surface area contributed by atoms with Crippen molar-refractivity contribution >= 4 is 11.8 Å². The molecule has 19 heavy (non-hydrogen) atoms. The molecule has 1 aliphatic heterocycles. The quantitative estimate of drug-likeness (QED) is 0.768. The maximum absolute atomic E-state index is 11.7. The number of aryl methyl sites for hydroxylation is 1. The summed E-state index contributed by atoms with van der Waals surface area (Å²) in [5, 5.41) is 2.32. The van der Waals surface area contributed by atoms with Gasteiger partial charge in [0.2, 0.25) is 11.8 Å². The molecule has 0 bridgehead atoms. The zero-order chi connectivity index (χ0) is 14.2. The fourth-order valence-corrected chi connectivity index (χ4v) is 2.41. The molecule has 1 aromatic rings. The van der Waals surface area contributed by atoms with Crippen LogP contribution in [0, 0.1) is 6.92 Å². The summed E-state index contributed by atoms with van der Waals surface area (Å²) in [7, 11) is 0. The number of rotatable bonds is 3. The topological polar surface area (TPSA) is 88.6 Å². The summed E-state index contributed by atoms with van der Waals surface area (Å²) in [6.45, 7) is 5.58. The van der Waals surface area contributed by atoms with Crippen LogP contribution in [0.4, 0.5) is 0 Å². The second kappa shape index (κ2) is 5.14. The summed E-state index contributed by atoms with van der Waals surface area (Å²) >= 11 is 0. The van der Waals surface area contributed by atoms with Gasteiger partial charge < -0.3 is 10.2 Å². The van der Waals surface area contributed by atoms with Gasteiger partial charge >= 0.3 is 0 Å². The van der Waals surface area contributed by atoms with Crippen LogP contribution in [0.3, 0.4) is 0 Å². The Balaban J connectivity index is 2.33. The van der Waals surface area contributed by atoms with Gasteiger partial charge in [0.1, 0.15) is 11.5 Å². The van der Waals surface area contributed by atoms with E-state index < -0.39 is 6.04 Å². The van der Waals surface area contributed by atoms with E-state index in [9.17, 15) is 9.59 Å². The van der Waals surface area contributed by atoms with E-state index in [1.165, 1.54) is 0 Å². The number of carbonyl (C=O) groups excluding carboxylic acids is 2. The van der Waals surface area contributed by atoms with E-state index in [4.69, 9.17) is 10.2 Å². The molecule has 2 rings (SSSR count). The van der Waals surface area contributed by atoms with Gasteiger partial charge in [0.05, 0.1) is 18.6 Å². The second-order valence-electron chi connectivity index (χ2n) is 5.01. The Morgan fingerprint density at radius 2 is 2.16 bits per heavy atom. The number of nitrogens with zero attached hydrogens (tertiary/aromatic N) is 1. The van der Waals surface area contributed by atoms with Crippen molar-refractivity contribution in [2.75, 3.05) is 6.54 Å². The van der Waals surface area contributed by atoms with E-state index in [-0.39, 0.29) is 30.4 Å². The van der Waals surface area contributed by atoms with Crippen LogP contribution in [0.2, 0.25) is 0 Å². The zero-order valence-electron chi connectivity index (χ0n) is 11.3. The molecule has 3 unspecified atom stereocenters. The van der Waals surface area contributed by atoms with Crippen LogP contribution in [0.25, 0.3) is 0 Å². The molecule has 1 aliphatic rings. The van der Waals surface area contributed by atoms with E-state index in [1.54, 1.807) is 11.8 Å². The molecule has 0 spiro atoms. The van der Waals surface area contributed by atoms with Crippen LogP contribution >= 0.6 is 0 Å². The Bertz CT molecular complexity index is 495. The normalized spacial score (nSPS) is 24.1. The molecular weight excluding hydrogens is 246 g/mol. The largest absolute Gasteiger partial charge is 0.465 e. The Morgan fingerprint density at radius 1 is 1.47 bits per heavy atom. The third kappa shape index (κ3) is 2.69. The average Bonchev–Trinajstić information content (AvgIpc) is 2.71. The molecule has 2 heterocycles. The van der Waals surface area contributed by atoms with Crippen LogP contribution in [-0.4, -0.2) is 35.3 Å². The van der Waals surface area contributed by atoms with E-state index in [0.717, 1.165) is 5.76 Å². The van der Waals surface area contributed by atoms with Gasteiger partial charge in [0.15, 0.2) is 0 Å². The van der Waals surface area contributed by atoms with Crippen LogP contribution in [0.1, 0.15) is 31.4 Å². The number of piperazine rings is 1. The fourth-order valence-electron chi connectivity index (χ4n) is 2.41. The number of nitrogens with two attached hydrogens (primary N) is 1. The summed E-state index contributed by atoms with van der Waals surface area (Å²) in [5.74, 6) is 0.852. The Kier molecular flexibility index (Phi) is 3.73. The van der Waals surface area contributed by atoms with Crippen LogP contribution < -0.4 is 11.1 Å². The molecule has 0 aromatic carbocycles. The molecule has 1 aromatic heterocycles. The fraction of sp³-hybridized carbons (Fsp3) is 0.538. The molecule has 3 atom stereocenters. The molecule has 0 radical (unpaired) electrons. The molecule has 0 saturated carbocycles. The predicted octanol–water partition coefficient (Wildman–Crippen LogP) is 0.323. The van der Waals surface area contributed by atoms with Crippen molar-refractivity contribution in [2.45, 2.75) is 38.9 Å². The number of carbonyl (C=O) groups is 2. The van der Waals surface area contributed by atoms with E-state index in [0.29, 0.717) is 5.76 Å². The molecule has 6 heteroatoms. The maximum atomic E-state index is 11.7. The number of imide groups is 1. The highest BCUT2D eigenvalue weighted by Gasteiger charge is 2.38. The molecule has 1 fully saturated rings. The highest BCUT2D eigenvalue weighted by molar-refractivity contribution is 6.00. The first-order chi connectivity index (χ1) is 8.90. The van der Waals surface area contributed by atoms with Gasteiger partial charge in [-0.1, -0.05) is 0 Å². The molecule has 104 valence electrons. The lowest BCUT2D eigenvalue weighted by atomic mass is 10.0. The first kappa shape index (κ1) is 13.8. The number of nitrogens with one attached hydrogen (secondary N) is 1. The van der Waals surface area contributed by atoms with Crippen molar-refractivity contribution < 1.29 is 14.0 Å². The van der Waals surface area contributed by atoms with Crippen molar-refractivity contribution in [3.63, 3.8) is 0 Å². The van der Waals surface area contributed by atoms with E-state index in [2.05, 4.69) is 5.32 Å². The lowest BCUT2D eigenvalue weighted by molar-refractivity contribution is -0.141. The molecule has 0 aliphatic carbocycles. The summed E-state index contributed by atoms with van der Waals surface area (Å²) in [6, 6.07) is 2.72. The Labute approximate surface area is 111 Å². The molecule has 2 amide bonds. The summed E-state index contributed by atoms with van der Waals surface area (Å²) in [6.07, 6.45) is 0. The molecular formula is C13H19N3O3. The summed E-state index contributed by atoms with van der Waals surface area (Å²) < 4.78 is 5.61. The summed E-state index contributed by atoms with van der Waals surface area (Å²) in [5.41, 5.74) is 6.02. The average molecular weight is 265 g/mol. The molecule has 3 N–H and O–H groups in total. The minimum atomic E-state index is -0.417. The van der Waals surface area contributed by atoms with Crippen LogP contribution in [0.15, 0.2) is 16.5 Å². The number of hydrogen-bond acceptors (Lipinski definition) is 5. The second-order valence-corrected chi connectivity index (χ2v) is 5.01. The Hall–Kier alpha value is -1.66. The van der Waals surface area contributed by atoms with Gasteiger partial charge in [-0.25, -0.2) is 0 Å². The third-order valence-electron chi connectivity index (χ3n) is 3.37. The van der Waals surface area contributed by atoms with Gasteiger partial charge in [0.25, 0.3) is 0 Å². The van der Waals surface area contributed by atoms with Crippen molar-refractivity contribution in [3.05, 3.63) is 23.7 Å². The smallest absolute Gasteiger partial charge is 0.243 e. The van der Waals surface area contributed by atoms with E-state index >= 15 is 0 Å².